The quantitative estimate of drug-likeness (QED) is 0.161. The van der Waals surface area contributed by atoms with E-state index in [1.54, 1.807) is 0 Å². The van der Waals surface area contributed by atoms with Crippen molar-refractivity contribution >= 4 is 45.1 Å². The van der Waals surface area contributed by atoms with Gasteiger partial charge in [-0.25, -0.2) is 0 Å². The number of hydrogen-bond acceptors (Lipinski definition) is 3. The summed E-state index contributed by atoms with van der Waals surface area (Å²) in [6.45, 7) is 0. The van der Waals surface area contributed by atoms with Gasteiger partial charge in [-0.2, -0.15) is 0 Å². The molecule has 0 bridgehead atoms. The summed E-state index contributed by atoms with van der Waals surface area (Å²) in [6, 6.07) is 82.9. The van der Waals surface area contributed by atoms with Crippen LogP contribution in [0, 0.1) is 0 Å². The predicted molar refractivity (Wildman–Crippen MR) is 247 cm³/mol. The van der Waals surface area contributed by atoms with Gasteiger partial charge in [0.25, 0.3) is 0 Å². The summed E-state index contributed by atoms with van der Waals surface area (Å²) in [5.41, 5.74) is 17.8. The van der Waals surface area contributed by atoms with E-state index in [1.165, 1.54) is 44.5 Å². The maximum absolute atomic E-state index is 7.24. The van der Waals surface area contributed by atoms with Crippen molar-refractivity contribution in [1.29, 1.82) is 0 Å². The van der Waals surface area contributed by atoms with Crippen molar-refractivity contribution in [1.82, 2.24) is 0 Å². The number of benzene rings is 9. The maximum atomic E-state index is 7.24. The molecule has 0 saturated carbocycles. The van der Waals surface area contributed by atoms with Gasteiger partial charge in [0, 0.05) is 45.0 Å². The van der Waals surface area contributed by atoms with Crippen molar-refractivity contribution in [3.8, 4) is 33.4 Å². The second kappa shape index (κ2) is 13.6. The zero-order valence-electron chi connectivity index (χ0n) is 32.7. The Labute approximate surface area is 349 Å². The Kier molecular flexibility index (Phi) is 7.76. The van der Waals surface area contributed by atoms with Crippen LogP contribution in [-0.4, -0.2) is 0 Å². The highest BCUT2D eigenvalue weighted by Gasteiger charge is 2.56. The van der Waals surface area contributed by atoms with Crippen LogP contribution in [0.3, 0.4) is 0 Å². The Balaban J connectivity index is 1.10. The number of fused-ring (bicyclic) bond motifs is 12. The van der Waals surface area contributed by atoms with Gasteiger partial charge >= 0.3 is 0 Å². The molecule has 0 saturated heterocycles. The SMILES string of the molecule is c1ccc(N(c2ccccc2)c2ccc(-c3cccc4c3-c3ccccc3C43c4cccc(N(c5ccccc5)c5ccccc5)c4-c4c3oc3ccccc43)cc2)cc1. The predicted octanol–water partition coefficient (Wildman–Crippen LogP) is 15.4. The van der Waals surface area contributed by atoms with E-state index in [1.807, 2.05) is 0 Å². The van der Waals surface area contributed by atoms with Gasteiger partial charge in [-0.1, -0.05) is 158 Å². The molecule has 1 unspecified atom stereocenters. The van der Waals surface area contributed by atoms with Crippen LogP contribution >= 0.6 is 0 Å². The molecular formula is C57H38N2O. The summed E-state index contributed by atoms with van der Waals surface area (Å²) in [4.78, 5) is 4.71. The van der Waals surface area contributed by atoms with E-state index in [2.05, 4.69) is 240 Å². The highest BCUT2D eigenvalue weighted by Crippen LogP contribution is 2.67. The second-order valence-corrected chi connectivity index (χ2v) is 15.6. The molecular weight excluding hydrogens is 729 g/mol. The molecule has 60 heavy (non-hydrogen) atoms. The van der Waals surface area contributed by atoms with Crippen LogP contribution in [0.25, 0.3) is 44.3 Å². The van der Waals surface area contributed by atoms with Crippen molar-refractivity contribution in [2.24, 2.45) is 0 Å². The standard InChI is InChI=1S/C57H38N2O/c1-5-19-40(20-6-1)58(41-21-7-2-8-22-41)44-37-35-39(36-38-44)45-29-17-31-49-53(45)46-27-13-15-30-48(46)57(49)50-32-18-33-51(55(50)54-47-28-14-16-34-52(47)60-56(54)57)59(42-23-9-3-10-24-42)43-25-11-4-12-26-43/h1-38H. The Morgan fingerprint density at radius 2 is 0.783 bits per heavy atom. The summed E-state index contributed by atoms with van der Waals surface area (Å²) < 4.78 is 7.24. The molecule has 2 aliphatic rings. The van der Waals surface area contributed by atoms with Crippen molar-refractivity contribution in [2.45, 2.75) is 5.41 Å². The van der Waals surface area contributed by atoms with E-state index < -0.39 is 5.41 Å². The Morgan fingerprint density at radius 3 is 1.42 bits per heavy atom. The third-order valence-electron chi connectivity index (χ3n) is 12.4. The first kappa shape index (κ1) is 34.2. The van der Waals surface area contributed by atoms with E-state index in [0.29, 0.717) is 0 Å². The van der Waals surface area contributed by atoms with Gasteiger partial charge in [-0.05, 0) is 112 Å². The van der Waals surface area contributed by atoms with Crippen LogP contribution in [-0.2, 0) is 5.41 Å². The molecule has 1 spiro atoms. The fourth-order valence-corrected chi connectivity index (χ4v) is 10.1. The molecule has 1 aromatic heterocycles. The van der Waals surface area contributed by atoms with Gasteiger partial charge in [0.05, 0.1) is 5.69 Å². The lowest BCUT2D eigenvalue weighted by atomic mass is 9.73. The Hall–Kier alpha value is -7.88. The molecule has 1 heterocycles. The lowest BCUT2D eigenvalue weighted by Crippen LogP contribution is -2.25. The average molecular weight is 767 g/mol. The molecule has 0 N–H and O–H groups in total. The summed E-state index contributed by atoms with van der Waals surface area (Å²) in [7, 11) is 0. The van der Waals surface area contributed by atoms with Crippen LogP contribution in [0.15, 0.2) is 235 Å². The van der Waals surface area contributed by atoms with Crippen LogP contribution < -0.4 is 9.80 Å². The molecule has 0 aliphatic heterocycles. The number of nitrogens with zero attached hydrogens (tertiary/aromatic N) is 2. The fourth-order valence-electron chi connectivity index (χ4n) is 10.1. The normalized spacial score (nSPS) is 14.4. The third-order valence-corrected chi connectivity index (χ3v) is 12.4. The number of para-hydroxylation sites is 5. The molecule has 9 aromatic carbocycles. The molecule has 10 aromatic rings. The van der Waals surface area contributed by atoms with E-state index >= 15 is 0 Å². The van der Waals surface area contributed by atoms with E-state index in [9.17, 15) is 0 Å². The first-order chi connectivity index (χ1) is 29.8. The Bertz CT molecular complexity index is 3110. The van der Waals surface area contributed by atoms with Crippen molar-refractivity contribution in [3.05, 3.63) is 253 Å². The van der Waals surface area contributed by atoms with Crippen molar-refractivity contribution < 1.29 is 4.42 Å². The monoisotopic (exact) mass is 766 g/mol. The molecule has 0 fully saturated rings. The van der Waals surface area contributed by atoms with Crippen molar-refractivity contribution in [2.75, 3.05) is 9.80 Å². The fraction of sp³-hybridized carbons (Fsp3) is 0.0175. The van der Waals surface area contributed by atoms with Crippen LogP contribution in [0.1, 0.15) is 22.5 Å². The first-order valence-electron chi connectivity index (χ1n) is 20.6. The van der Waals surface area contributed by atoms with Gasteiger partial charge in [-0.3, -0.25) is 0 Å². The van der Waals surface area contributed by atoms with E-state index in [0.717, 1.165) is 56.4 Å². The minimum Gasteiger partial charge on any atom is -0.459 e. The summed E-state index contributed by atoms with van der Waals surface area (Å²) in [5, 5.41) is 1.12. The molecule has 12 rings (SSSR count). The lowest BCUT2D eigenvalue weighted by Gasteiger charge is -2.31. The smallest absolute Gasteiger partial charge is 0.135 e. The van der Waals surface area contributed by atoms with E-state index in [-0.39, 0.29) is 0 Å². The first-order valence-corrected chi connectivity index (χ1v) is 20.6. The molecule has 0 radical (unpaired) electrons. The number of anilines is 6. The van der Waals surface area contributed by atoms with Crippen LogP contribution in [0.4, 0.5) is 34.1 Å². The largest absolute Gasteiger partial charge is 0.459 e. The molecule has 1 atom stereocenters. The van der Waals surface area contributed by atoms with Crippen LogP contribution in [0.5, 0.6) is 0 Å². The zero-order valence-corrected chi connectivity index (χ0v) is 32.7. The summed E-state index contributed by atoms with van der Waals surface area (Å²) in [6.07, 6.45) is 0. The number of rotatable bonds is 7. The molecule has 2 aliphatic carbocycles. The van der Waals surface area contributed by atoms with Gasteiger partial charge in [0.15, 0.2) is 0 Å². The highest BCUT2D eigenvalue weighted by atomic mass is 16.3. The molecule has 3 heteroatoms. The van der Waals surface area contributed by atoms with Crippen molar-refractivity contribution in [3.63, 3.8) is 0 Å². The summed E-state index contributed by atoms with van der Waals surface area (Å²) in [5.74, 6) is 0.979. The number of furan rings is 1. The summed E-state index contributed by atoms with van der Waals surface area (Å²) >= 11 is 0. The van der Waals surface area contributed by atoms with Crippen LogP contribution in [0.2, 0.25) is 0 Å². The minimum absolute atomic E-state index is 0.683. The van der Waals surface area contributed by atoms with Gasteiger partial charge in [0.1, 0.15) is 16.8 Å². The highest BCUT2D eigenvalue weighted by molar-refractivity contribution is 6.10. The van der Waals surface area contributed by atoms with Gasteiger partial charge < -0.3 is 14.2 Å². The maximum Gasteiger partial charge on any atom is 0.135 e. The number of hydrogen-bond donors (Lipinski definition) is 0. The molecule has 3 nitrogen and oxygen atoms in total. The molecule has 0 amide bonds. The zero-order chi connectivity index (χ0) is 39.6. The Morgan fingerprint density at radius 1 is 0.317 bits per heavy atom. The van der Waals surface area contributed by atoms with Gasteiger partial charge in [0.2, 0.25) is 0 Å². The van der Waals surface area contributed by atoms with Gasteiger partial charge in [-0.15, -0.1) is 0 Å². The molecule has 282 valence electrons. The average Bonchev–Trinajstić information content (AvgIpc) is 3.95. The third kappa shape index (κ3) is 4.96. The second-order valence-electron chi connectivity index (χ2n) is 15.6. The lowest BCUT2D eigenvalue weighted by molar-refractivity contribution is 0.507. The van der Waals surface area contributed by atoms with E-state index in [4.69, 9.17) is 4.42 Å². The topological polar surface area (TPSA) is 19.6 Å². The minimum atomic E-state index is -0.683.